The fourth-order valence-corrected chi connectivity index (χ4v) is 3.12. The molecule has 0 aliphatic heterocycles. The third-order valence-corrected chi connectivity index (χ3v) is 4.53. The number of nitrogens with one attached hydrogen (secondary N) is 2. The van der Waals surface area contributed by atoms with Gasteiger partial charge < -0.3 is 15.4 Å². The minimum atomic E-state index is -0.120. The van der Waals surface area contributed by atoms with E-state index in [1.54, 1.807) is 25.3 Å². The van der Waals surface area contributed by atoms with E-state index in [0.29, 0.717) is 23.1 Å². The van der Waals surface area contributed by atoms with Crippen LogP contribution in [0.3, 0.4) is 0 Å². The Balaban J connectivity index is 1.85. The Bertz CT molecular complexity index is 645. The summed E-state index contributed by atoms with van der Waals surface area (Å²) in [5.74, 6) is 0.770. The van der Waals surface area contributed by atoms with Crippen molar-refractivity contribution in [2.45, 2.75) is 4.34 Å². The predicted octanol–water partition coefficient (Wildman–Crippen LogP) is 2.88. The van der Waals surface area contributed by atoms with Gasteiger partial charge in [-0.05, 0) is 12.1 Å². The summed E-state index contributed by atoms with van der Waals surface area (Å²) in [7, 11) is 1.57. The Morgan fingerprint density at radius 1 is 1.45 bits per heavy atom. The zero-order valence-corrected chi connectivity index (χ0v) is 13.7. The molecule has 2 rings (SSSR count). The molecule has 6 nitrogen and oxygen atoms in total. The summed E-state index contributed by atoms with van der Waals surface area (Å²) in [4.78, 5) is 12.0. The molecule has 0 atom stereocenters. The highest BCUT2D eigenvalue weighted by Crippen LogP contribution is 2.26. The van der Waals surface area contributed by atoms with Crippen molar-refractivity contribution in [3.63, 3.8) is 0 Å². The number of aromatic nitrogens is 2. The predicted molar refractivity (Wildman–Crippen MR) is 90.9 cm³/mol. The van der Waals surface area contributed by atoms with Gasteiger partial charge >= 0.3 is 0 Å². The van der Waals surface area contributed by atoms with Crippen molar-refractivity contribution in [3.8, 4) is 5.75 Å². The maximum Gasteiger partial charge on any atom is 0.234 e. The number of hydrogen-bond donors (Lipinski definition) is 2. The second-order valence-electron chi connectivity index (χ2n) is 4.08. The van der Waals surface area contributed by atoms with Crippen molar-refractivity contribution in [2.75, 3.05) is 30.0 Å². The highest BCUT2D eigenvalue weighted by molar-refractivity contribution is 8.01. The molecule has 1 aromatic heterocycles. The molecule has 0 saturated carbocycles. The van der Waals surface area contributed by atoms with Crippen LogP contribution < -0.4 is 15.4 Å². The lowest BCUT2D eigenvalue weighted by molar-refractivity contribution is -0.113. The molecule has 0 radical (unpaired) electrons. The minimum Gasteiger partial charge on any atom is -0.495 e. The summed E-state index contributed by atoms with van der Waals surface area (Å²) < 4.78 is 5.93. The maximum atomic E-state index is 12.0. The van der Waals surface area contributed by atoms with Gasteiger partial charge in [0, 0.05) is 6.54 Å². The molecule has 2 N–H and O–H groups in total. The number of para-hydroxylation sites is 2. The molecule has 0 bridgehead atoms. The first-order valence-corrected chi connectivity index (χ1v) is 8.27. The highest BCUT2D eigenvalue weighted by atomic mass is 32.2. The summed E-state index contributed by atoms with van der Waals surface area (Å²) >= 11 is 2.75. The average molecular weight is 336 g/mol. The van der Waals surface area contributed by atoms with Crippen molar-refractivity contribution in [1.82, 2.24) is 10.2 Å². The summed E-state index contributed by atoms with van der Waals surface area (Å²) in [5, 5.41) is 14.6. The lowest BCUT2D eigenvalue weighted by Gasteiger charge is -2.08. The Morgan fingerprint density at radius 3 is 3.05 bits per heavy atom. The van der Waals surface area contributed by atoms with E-state index in [4.69, 9.17) is 4.74 Å². The van der Waals surface area contributed by atoms with E-state index in [1.165, 1.54) is 23.1 Å². The summed E-state index contributed by atoms with van der Waals surface area (Å²) in [5.41, 5.74) is 0.654. The number of amides is 1. The number of thioether (sulfide) groups is 1. The van der Waals surface area contributed by atoms with Crippen molar-refractivity contribution in [1.29, 1.82) is 0 Å². The molecule has 0 fully saturated rings. The molecule has 0 spiro atoms. The standard InChI is InChI=1S/C14H16N4O2S2/c1-3-8-15-13-17-18-14(22-13)21-9-12(19)16-10-6-4-5-7-11(10)20-2/h3-7H,1,8-9H2,2H3,(H,15,17)(H,16,19). The van der Waals surface area contributed by atoms with Crippen LogP contribution >= 0.6 is 23.1 Å². The van der Waals surface area contributed by atoms with Crippen LogP contribution in [0.5, 0.6) is 5.75 Å². The zero-order chi connectivity index (χ0) is 15.8. The minimum absolute atomic E-state index is 0.120. The molecular weight excluding hydrogens is 320 g/mol. The van der Waals surface area contributed by atoms with Crippen LogP contribution in [-0.2, 0) is 4.79 Å². The van der Waals surface area contributed by atoms with Gasteiger partial charge in [0.25, 0.3) is 0 Å². The summed E-state index contributed by atoms with van der Waals surface area (Å²) in [6, 6.07) is 7.28. The second-order valence-corrected chi connectivity index (χ2v) is 6.28. The van der Waals surface area contributed by atoms with Gasteiger partial charge in [-0.3, -0.25) is 4.79 Å². The van der Waals surface area contributed by atoms with E-state index in [0.717, 1.165) is 4.34 Å². The molecule has 1 amide bonds. The van der Waals surface area contributed by atoms with E-state index >= 15 is 0 Å². The van der Waals surface area contributed by atoms with Crippen molar-refractivity contribution < 1.29 is 9.53 Å². The smallest absolute Gasteiger partial charge is 0.234 e. The Morgan fingerprint density at radius 2 is 2.27 bits per heavy atom. The third kappa shape index (κ3) is 4.74. The number of benzene rings is 1. The van der Waals surface area contributed by atoms with Crippen LogP contribution in [-0.4, -0.2) is 35.5 Å². The van der Waals surface area contributed by atoms with Gasteiger partial charge in [0.2, 0.25) is 11.0 Å². The molecule has 1 heterocycles. The third-order valence-electron chi connectivity index (χ3n) is 2.51. The van der Waals surface area contributed by atoms with Gasteiger partial charge in [-0.25, -0.2) is 0 Å². The van der Waals surface area contributed by atoms with Crippen LogP contribution in [0.25, 0.3) is 0 Å². The van der Waals surface area contributed by atoms with Crippen molar-refractivity contribution in [2.24, 2.45) is 0 Å². The molecule has 2 aromatic rings. The van der Waals surface area contributed by atoms with Crippen molar-refractivity contribution >= 4 is 39.8 Å². The molecule has 0 aliphatic rings. The first-order chi connectivity index (χ1) is 10.7. The second kappa shape index (κ2) is 8.40. The average Bonchev–Trinajstić information content (AvgIpc) is 2.99. The molecule has 0 unspecified atom stereocenters. The lowest BCUT2D eigenvalue weighted by atomic mass is 10.3. The number of ether oxygens (including phenoxy) is 1. The van der Waals surface area contributed by atoms with Crippen LogP contribution in [0.2, 0.25) is 0 Å². The monoisotopic (exact) mass is 336 g/mol. The zero-order valence-electron chi connectivity index (χ0n) is 12.0. The number of carbonyl (C=O) groups excluding carboxylic acids is 1. The SMILES string of the molecule is C=CCNc1nnc(SCC(=O)Nc2ccccc2OC)s1. The maximum absolute atomic E-state index is 12.0. The van der Waals surface area contributed by atoms with E-state index in [1.807, 2.05) is 12.1 Å². The summed E-state index contributed by atoms with van der Waals surface area (Å²) in [6.07, 6.45) is 1.74. The Hall–Kier alpha value is -2.06. The van der Waals surface area contributed by atoms with Crippen molar-refractivity contribution in [3.05, 3.63) is 36.9 Å². The van der Waals surface area contributed by atoms with Gasteiger partial charge in [0.05, 0.1) is 18.6 Å². The van der Waals surface area contributed by atoms with Crippen LogP contribution in [0.1, 0.15) is 0 Å². The van der Waals surface area contributed by atoms with Gasteiger partial charge in [0.1, 0.15) is 5.75 Å². The van der Waals surface area contributed by atoms with Crippen LogP contribution in [0.4, 0.5) is 10.8 Å². The fraction of sp³-hybridized carbons (Fsp3) is 0.214. The molecule has 1 aromatic carbocycles. The number of carbonyl (C=O) groups is 1. The van der Waals surface area contributed by atoms with E-state index in [2.05, 4.69) is 27.4 Å². The molecule has 8 heteroatoms. The van der Waals surface area contributed by atoms with E-state index in [-0.39, 0.29) is 11.7 Å². The van der Waals surface area contributed by atoms with Crippen LogP contribution in [0.15, 0.2) is 41.3 Å². The molecule has 0 aliphatic carbocycles. The first-order valence-electron chi connectivity index (χ1n) is 6.47. The topological polar surface area (TPSA) is 76.1 Å². The quantitative estimate of drug-likeness (QED) is 0.570. The van der Waals surface area contributed by atoms with Gasteiger partial charge in [-0.2, -0.15) is 0 Å². The Labute approximate surface area is 137 Å². The number of hydrogen-bond acceptors (Lipinski definition) is 7. The molecule has 22 heavy (non-hydrogen) atoms. The fourth-order valence-electron chi connectivity index (χ4n) is 1.56. The number of nitrogens with zero attached hydrogens (tertiary/aromatic N) is 2. The van der Waals surface area contributed by atoms with E-state index < -0.39 is 0 Å². The molecular formula is C14H16N4O2S2. The van der Waals surface area contributed by atoms with Crippen LogP contribution in [0, 0.1) is 0 Å². The van der Waals surface area contributed by atoms with Gasteiger partial charge in [0.15, 0.2) is 4.34 Å². The largest absolute Gasteiger partial charge is 0.495 e. The highest BCUT2D eigenvalue weighted by Gasteiger charge is 2.10. The normalized spacial score (nSPS) is 10.0. The van der Waals surface area contributed by atoms with Gasteiger partial charge in [-0.15, -0.1) is 16.8 Å². The number of rotatable bonds is 8. The lowest BCUT2D eigenvalue weighted by Crippen LogP contribution is -2.14. The first kappa shape index (κ1) is 16.3. The molecule has 0 saturated heterocycles. The van der Waals surface area contributed by atoms with E-state index in [9.17, 15) is 4.79 Å². The Kier molecular flexibility index (Phi) is 6.23. The summed E-state index contributed by atoms with van der Waals surface area (Å²) in [6.45, 7) is 4.25. The number of anilines is 2. The molecule has 116 valence electrons. The van der Waals surface area contributed by atoms with Gasteiger partial charge in [-0.1, -0.05) is 41.3 Å². The number of methoxy groups -OCH3 is 1.